The van der Waals surface area contributed by atoms with Crippen LogP contribution in [0.2, 0.25) is 0 Å². The third-order valence-electron chi connectivity index (χ3n) is 2.55. The molecule has 128 valence electrons. The van der Waals surface area contributed by atoms with Crippen LogP contribution in [0.25, 0.3) is 0 Å². The van der Waals surface area contributed by atoms with E-state index in [1.54, 1.807) is 27.7 Å². The predicted octanol–water partition coefficient (Wildman–Crippen LogP) is 1.27. The Balaban J connectivity index is 4.31. The fourth-order valence-electron chi connectivity index (χ4n) is 1.18. The Morgan fingerprint density at radius 3 is 2.05 bits per heavy atom. The first-order valence-electron chi connectivity index (χ1n) is 6.95. The highest BCUT2D eigenvalue weighted by Crippen LogP contribution is 2.46. The Hall–Kier alpha value is -1.24. The molecule has 0 saturated heterocycles. The molecule has 22 heavy (non-hydrogen) atoms. The van der Waals surface area contributed by atoms with E-state index in [1.807, 2.05) is 0 Å². The van der Waals surface area contributed by atoms with Gasteiger partial charge in [0.25, 0.3) is 6.29 Å². The standard InChI is InChI=1S/C13H24NO7P/c1-8(2)11(16)20-12(9(3)4)21-13(17)14-7-6-10(15)22(5,18)19/h8-9,12,18-19H,6-7H2,1-5H3/p+1. The second kappa shape index (κ2) is 9.02. The van der Waals surface area contributed by atoms with Gasteiger partial charge in [0.2, 0.25) is 0 Å². The fraction of sp³-hybridized carbons (Fsp3) is 0.769. The van der Waals surface area contributed by atoms with E-state index in [-0.39, 0.29) is 24.8 Å². The summed E-state index contributed by atoms with van der Waals surface area (Å²) in [7, 11) is -3.54. The highest BCUT2D eigenvalue weighted by Gasteiger charge is 2.36. The molecule has 0 spiro atoms. The van der Waals surface area contributed by atoms with E-state index in [9.17, 15) is 14.4 Å². The molecule has 0 saturated carbocycles. The smallest absolute Gasteiger partial charge is 0.410 e. The summed E-state index contributed by atoms with van der Waals surface area (Å²) >= 11 is 0. The summed E-state index contributed by atoms with van der Waals surface area (Å²) in [5.74, 6) is -1.07. The number of nitrogens with one attached hydrogen (secondary N) is 1. The Kier molecular flexibility index (Phi) is 8.52. The van der Waals surface area contributed by atoms with Gasteiger partial charge in [-0.05, 0) is 0 Å². The number of amides is 1. The fourth-order valence-corrected chi connectivity index (χ4v) is 1.71. The number of ether oxygens (including phenoxy) is 2. The average molecular weight is 338 g/mol. The van der Waals surface area contributed by atoms with Crippen molar-refractivity contribution in [1.29, 1.82) is 0 Å². The van der Waals surface area contributed by atoms with Crippen molar-refractivity contribution in [3.8, 4) is 0 Å². The molecule has 0 aliphatic carbocycles. The SMILES string of the molecule is CC(C)C(=O)OC(OC(=O)NCCC(=O)[P+](C)(O)O)C(C)C. The van der Waals surface area contributed by atoms with Crippen molar-refractivity contribution in [1.82, 2.24) is 5.32 Å². The number of hydrogen-bond acceptors (Lipinski definition) is 7. The molecule has 0 bridgehead atoms. The molecule has 0 heterocycles. The maximum absolute atomic E-state index is 11.6. The Bertz CT molecular complexity index is 404. The van der Waals surface area contributed by atoms with Gasteiger partial charge >= 0.3 is 25.3 Å². The van der Waals surface area contributed by atoms with E-state index in [0.717, 1.165) is 6.66 Å². The monoisotopic (exact) mass is 338 g/mol. The van der Waals surface area contributed by atoms with Crippen LogP contribution >= 0.6 is 7.72 Å². The van der Waals surface area contributed by atoms with Gasteiger partial charge < -0.3 is 14.8 Å². The molecule has 1 amide bonds. The quantitative estimate of drug-likeness (QED) is 0.346. The van der Waals surface area contributed by atoms with Crippen LogP contribution < -0.4 is 5.32 Å². The number of carbonyl (C=O) groups is 3. The van der Waals surface area contributed by atoms with Gasteiger partial charge in [-0.25, -0.2) is 19.4 Å². The van der Waals surface area contributed by atoms with Crippen molar-refractivity contribution in [3.63, 3.8) is 0 Å². The molecular formula is C13H25NO7P+. The summed E-state index contributed by atoms with van der Waals surface area (Å²) in [5, 5.41) is 2.30. The number of esters is 1. The summed E-state index contributed by atoms with van der Waals surface area (Å²) in [5.41, 5.74) is -0.723. The molecule has 1 unspecified atom stereocenters. The van der Waals surface area contributed by atoms with Crippen molar-refractivity contribution < 1.29 is 33.6 Å². The maximum atomic E-state index is 11.6. The zero-order valence-corrected chi connectivity index (χ0v) is 14.4. The van der Waals surface area contributed by atoms with E-state index >= 15 is 0 Å². The number of rotatable bonds is 8. The normalized spacial score (nSPS) is 13.0. The molecular weight excluding hydrogens is 313 g/mol. The lowest BCUT2D eigenvalue weighted by atomic mass is 10.2. The second-order valence-corrected chi connectivity index (χ2v) is 7.92. The highest BCUT2D eigenvalue weighted by molar-refractivity contribution is 7.80. The Labute approximate surface area is 130 Å². The molecule has 0 fully saturated rings. The van der Waals surface area contributed by atoms with Crippen LogP contribution in [0.5, 0.6) is 0 Å². The minimum atomic E-state index is -3.54. The van der Waals surface area contributed by atoms with Gasteiger partial charge in [-0.3, -0.25) is 4.79 Å². The summed E-state index contributed by atoms with van der Waals surface area (Å²) in [6, 6.07) is 0. The second-order valence-electron chi connectivity index (χ2n) is 5.59. The summed E-state index contributed by atoms with van der Waals surface area (Å²) in [4.78, 5) is 52.7. The van der Waals surface area contributed by atoms with Gasteiger partial charge in [-0.15, -0.1) is 0 Å². The van der Waals surface area contributed by atoms with Crippen LogP contribution in [0.1, 0.15) is 34.1 Å². The molecule has 8 nitrogen and oxygen atoms in total. The molecule has 0 aliphatic heterocycles. The summed E-state index contributed by atoms with van der Waals surface area (Å²) in [6.07, 6.45) is -2.09. The first-order chi connectivity index (χ1) is 9.95. The minimum absolute atomic E-state index is 0.0999. The average Bonchev–Trinajstić information content (AvgIpc) is 2.36. The minimum Gasteiger partial charge on any atom is -0.425 e. The Morgan fingerprint density at radius 2 is 1.64 bits per heavy atom. The van der Waals surface area contributed by atoms with Crippen molar-refractivity contribution in [3.05, 3.63) is 0 Å². The van der Waals surface area contributed by atoms with E-state index in [0.29, 0.717) is 0 Å². The van der Waals surface area contributed by atoms with Crippen molar-refractivity contribution in [2.75, 3.05) is 13.2 Å². The zero-order chi connectivity index (χ0) is 17.5. The van der Waals surface area contributed by atoms with E-state index < -0.39 is 31.6 Å². The highest BCUT2D eigenvalue weighted by atomic mass is 31.2. The summed E-state index contributed by atoms with van der Waals surface area (Å²) < 4.78 is 10.0. The molecule has 0 aromatic heterocycles. The topological polar surface area (TPSA) is 122 Å². The summed E-state index contributed by atoms with van der Waals surface area (Å²) in [6.45, 7) is 7.72. The maximum Gasteiger partial charge on any atom is 0.410 e. The lowest BCUT2D eigenvalue weighted by molar-refractivity contribution is -0.178. The van der Waals surface area contributed by atoms with Crippen molar-refractivity contribution in [2.45, 2.75) is 40.4 Å². The van der Waals surface area contributed by atoms with Crippen LogP contribution in [-0.4, -0.2) is 46.9 Å². The molecule has 1 atom stereocenters. The van der Waals surface area contributed by atoms with Crippen molar-refractivity contribution >= 4 is 25.3 Å². The van der Waals surface area contributed by atoms with Gasteiger partial charge in [0.05, 0.1) is 12.3 Å². The van der Waals surface area contributed by atoms with E-state index in [4.69, 9.17) is 19.3 Å². The Morgan fingerprint density at radius 1 is 1.09 bits per heavy atom. The number of hydrogen-bond donors (Lipinski definition) is 3. The van der Waals surface area contributed by atoms with Crippen LogP contribution in [0.4, 0.5) is 4.79 Å². The van der Waals surface area contributed by atoms with Gasteiger partial charge in [0, 0.05) is 12.5 Å². The third kappa shape index (κ3) is 8.26. The number of carbonyl (C=O) groups excluding carboxylic acids is 3. The van der Waals surface area contributed by atoms with E-state index in [2.05, 4.69) is 5.32 Å². The van der Waals surface area contributed by atoms with Crippen LogP contribution in [0.15, 0.2) is 0 Å². The van der Waals surface area contributed by atoms with Crippen molar-refractivity contribution in [2.24, 2.45) is 11.8 Å². The zero-order valence-electron chi connectivity index (χ0n) is 13.5. The molecule has 0 aromatic rings. The molecule has 0 rings (SSSR count). The van der Waals surface area contributed by atoms with Gasteiger partial charge in [0.1, 0.15) is 6.66 Å². The molecule has 9 heteroatoms. The van der Waals surface area contributed by atoms with E-state index in [1.165, 1.54) is 0 Å². The van der Waals surface area contributed by atoms with Crippen LogP contribution in [0, 0.1) is 11.8 Å². The first kappa shape index (κ1) is 20.8. The lowest BCUT2D eigenvalue weighted by Gasteiger charge is -2.22. The molecule has 0 aliphatic rings. The largest absolute Gasteiger partial charge is 0.425 e. The molecule has 3 N–H and O–H groups in total. The van der Waals surface area contributed by atoms with Crippen LogP contribution in [-0.2, 0) is 19.1 Å². The predicted molar refractivity (Wildman–Crippen MR) is 80.9 cm³/mol. The van der Waals surface area contributed by atoms with Gasteiger partial charge in [0.15, 0.2) is 0 Å². The molecule has 0 radical (unpaired) electrons. The van der Waals surface area contributed by atoms with Gasteiger partial charge in [-0.2, -0.15) is 0 Å². The molecule has 0 aromatic carbocycles. The van der Waals surface area contributed by atoms with Crippen LogP contribution in [0.3, 0.4) is 0 Å². The number of alkyl carbamates (subject to hydrolysis) is 1. The third-order valence-corrected chi connectivity index (χ3v) is 3.72. The first-order valence-corrected chi connectivity index (χ1v) is 9.09. The lowest BCUT2D eigenvalue weighted by Crippen LogP contribution is -2.36. The van der Waals surface area contributed by atoms with Gasteiger partial charge in [-0.1, -0.05) is 27.7 Å².